The van der Waals surface area contributed by atoms with Gasteiger partial charge in [-0.1, -0.05) is 127 Å². The van der Waals surface area contributed by atoms with Gasteiger partial charge >= 0.3 is 0 Å². The summed E-state index contributed by atoms with van der Waals surface area (Å²) in [7, 11) is 0. The van der Waals surface area contributed by atoms with E-state index >= 15 is 0 Å². The lowest BCUT2D eigenvalue weighted by molar-refractivity contribution is 1.17. The molecule has 0 fully saturated rings. The third-order valence-corrected chi connectivity index (χ3v) is 11.1. The molecule has 0 saturated carbocycles. The number of aromatic nitrogens is 2. The summed E-state index contributed by atoms with van der Waals surface area (Å²) >= 11 is 0. The average Bonchev–Trinajstić information content (AvgIpc) is 3.77. The fraction of sp³-hybridized carbons (Fsp3) is 0. The van der Waals surface area contributed by atoms with Crippen LogP contribution in [-0.4, -0.2) is 9.13 Å². The zero-order chi connectivity index (χ0) is 36.3. The first kappa shape index (κ1) is 31.2. The van der Waals surface area contributed by atoms with Gasteiger partial charge in [0.2, 0.25) is 0 Å². The van der Waals surface area contributed by atoms with Gasteiger partial charge in [-0.3, -0.25) is 0 Å². The van der Waals surface area contributed by atoms with Crippen molar-refractivity contribution in [2.45, 2.75) is 0 Å². The van der Waals surface area contributed by atoms with Crippen molar-refractivity contribution in [3.63, 3.8) is 0 Å². The molecule has 11 rings (SSSR count). The minimum Gasteiger partial charge on any atom is -0.310 e. The molecule has 0 aliphatic heterocycles. The molecule has 0 bridgehead atoms. The van der Waals surface area contributed by atoms with Gasteiger partial charge in [-0.05, 0) is 107 Å². The topological polar surface area (TPSA) is 13.1 Å². The Balaban J connectivity index is 1.12. The van der Waals surface area contributed by atoms with Crippen molar-refractivity contribution in [3.05, 3.63) is 212 Å². The fourth-order valence-corrected chi connectivity index (χ4v) is 8.59. The molecule has 0 N–H and O–H groups in total. The van der Waals surface area contributed by atoms with Crippen LogP contribution in [0.5, 0.6) is 0 Å². The van der Waals surface area contributed by atoms with Crippen molar-refractivity contribution in [1.82, 2.24) is 9.13 Å². The van der Waals surface area contributed by atoms with E-state index in [2.05, 4.69) is 226 Å². The van der Waals surface area contributed by atoms with Crippen molar-refractivity contribution in [3.8, 4) is 22.5 Å². The summed E-state index contributed by atoms with van der Waals surface area (Å²) in [6.07, 6.45) is 0. The van der Waals surface area contributed by atoms with Gasteiger partial charge < -0.3 is 14.0 Å². The van der Waals surface area contributed by atoms with Gasteiger partial charge in [-0.2, -0.15) is 0 Å². The Bertz CT molecular complexity index is 3170. The SMILES string of the molecule is c1ccc(-c2ccc(N(c3ccc(-n4c5ccccc5c5cc6ccccc6cc54)cc3)c3cccc4c3c3ccccc3n4-c3ccccc3)cc2)cc1. The number of benzene rings is 9. The predicted molar refractivity (Wildman–Crippen MR) is 233 cm³/mol. The quantitative estimate of drug-likeness (QED) is 0.168. The maximum Gasteiger partial charge on any atom is 0.0562 e. The molecule has 3 heteroatoms. The number of hydrogen-bond acceptors (Lipinski definition) is 1. The second kappa shape index (κ2) is 12.6. The van der Waals surface area contributed by atoms with Crippen LogP contribution in [0.15, 0.2) is 212 Å². The summed E-state index contributed by atoms with van der Waals surface area (Å²) < 4.78 is 4.80. The molecular weight excluding hydrogens is 667 g/mol. The largest absolute Gasteiger partial charge is 0.310 e. The summed E-state index contributed by atoms with van der Waals surface area (Å²) in [5.74, 6) is 0. The molecule has 0 saturated heterocycles. The first-order valence-electron chi connectivity index (χ1n) is 18.9. The maximum atomic E-state index is 2.42. The fourth-order valence-electron chi connectivity index (χ4n) is 8.59. The Morgan fingerprint density at radius 1 is 0.309 bits per heavy atom. The van der Waals surface area contributed by atoms with Gasteiger partial charge in [0.25, 0.3) is 0 Å². The Morgan fingerprint density at radius 2 is 0.818 bits per heavy atom. The van der Waals surface area contributed by atoms with Crippen LogP contribution >= 0.6 is 0 Å². The lowest BCUT2D eigenvalue weighted by atomic mass is 10.0. The lowest BCUT2D eigenvalue weighted by Gasteiger charge is -2.27. The Morgan fingerprint density at radius 3 is 1.55 bits per heavy atom. The van der Waals surface area contributed by atoms with Crippen LogP contribution in [0, 0.1) is 0 Å². The van der Waals surface area contributed by atoms with Gasteiger partial charge in [0, 0.05) is 44.3 Å². The number of hydrogen-bond donors (Lipinski definition) is 0. The number of para-hydroxylation sites is 3. The van der Waals surface area contributed by atoms with Crippen LogP contribution in [0.25, 0.3) is 76.9 Å². The third-order valence-electron chi connectivity index (χ3n) is 11.1. The second-order valence-electron chi connectivity index (χ2n) is 14.2. The zero-order valence-electron chi connectivity index (χ0n) is 30.0. The van der Waals surface area contributed by atoms with Crippen molar-refractivity contribution >= 4 is 71.4 Å². The number of nitrogens with zero attached hydrogens (tertiary/aromatic N) is 3. The average molecular weight is 702 g/mol. The smallest absolute Gasteiger partial charge is 0.0562 e. The van der Waals surface area contributed by atoms with E-state index in [0.29, 0.717) is 0 Å². The molecule has 3 nitrogen and oxygen atoms in total. The maximum absolute atomic E-state index is 2.42. The van der Waals surface area contributed by atoms with E-state index in [0.717, 1.165) is 28.4 Å². The van der Waals surface area contributed by atoms with Crippen molar-refractivity contribution in [2.24, 2.45) is 0 Å². The van der Waals surface area contributed by atoms with E-state index in [1.807, 2.05) is 0 Å². The number of anilines is 3. The lowest BCUT2D eigenvalue weighted by Crippen LogP contribution is -2.10. The minimum absolute atomic E-state index is 1.09. The van der Waals surface area contributed by atoms with Crippen molar-refractivity contribution in [2.75, 3.05) is 4.90 Å². The molecule has 0 atom stereocenters. The highest BCUT2D eigenvalue weighted by molar-refractivity contribution is 6.17. The first-order chi connectivity index (χ1) is 27.3. The van der Waals surface area contributed by atoms with Crippen molar-refractivity contribution in [1.29, 1.82) is 0 Å². The zero-order valence-corrected chi connectivity index (χ0v) is 30.0. The molecule has 0 spiro atoms. The van der Waals surface area contributed by atoms with Crippen LogP contribution in [0.1, 0.15) is 0 Å². The van der Waals surface area contributed by atoms with E-state index in [1.165, 1.54) is 65.5 Å². The molecule has 9 aromatic carbocycles. The molecule has 2 aromatic heterocycles. The van der Waals surface area contributed by atoms with Gasteiger partial charge in [0.1, 0.15) is 0 Å². The van der Waals surface area contributed by atoms with Crippen LogP contribution in [-0.2, 0) is 0 Å². The van der Waals surface area contributed by atoms with E-state index in [4.69, 9.17) is 0 Å². The standard InChI is InChI=1S/C52H35N3/c1-3-14-36(15-4-1)37-26-28-41(29-27-37)53(49-24-13-25-50-52(49)45-21-10-12-23-48(45)54(50)40-18-5-2-6-19-40)42-30-32-43(33-31-42)55-47-22-11-9-20-44(47)46-34-38-16-7-8-17-39(38)35-51(46)55/h1-35H. The summed E-state index contributed by atoms with van der Waals surface area (Å²) in [5.41, 5.74) is 12.8. The first-order valence-corrected chi connectivity index (χ1v) is 18.9. The van der Waals surface area contributed by atoms with Crippen LogP contribution < -0.4 is 4.90 Å². The van der Waals surface area contributed by atoms with Crippen LogP contribution in [0.3, 0.4) is 0 Å². The van der Waals surface area contributed by atoms with Crippen LogP contribution in [0.2, 0.25) is 0 Å². The molecule has 0 radical (unpaired) electrons. The van der Waals surface area contributed by atoms with E-state index in [1.54, 1.807) is 0 Å². The van der Waals surface area contributed by atoms with Crippen LogP contribution in [0.4, 0.5) is 17.1 Å². The normalized spacial score (nSPS) is 11.6. The molecule has 11 aromatic rings. The van der Waals surface area contributed by atoms with Gasteiger partial charge in [0.05, 0.1) is 27.8 Å². The molecular formula is C52H35N3. The Labute approximate surface area is 319 Å². The summed E-state index contributed by atoms with van der Waals surface area (Å²) in [5, 5.41) is 7.45. The molecule has 0 amide bonds. The highest BCUT2D eigenvalue weighted by atomic mass is 15.1. The molecule has 0 unspecified atom stereocenters. The predicted octanol–water partition coefficient (Wildman–Crippen LogP) is 14.2. The summed E-state index contributed by atoms with van der Waals surface area (Å²) in [4.78, 5) is 2.42. The van der Waals surface area contributed by atoms with E-state index < -0.39 is 0 Å². The van der Waals surface area contributed by atoms with Gasteiger partial charge in [0.15, 0.2) is 0 Å². The van der Waals surface area contributed by atoms with Gasteiger partial charge in [-0.15, -0.1) is 0 Å². The molecule has 0 aliphatic carbocycles. The molecule has 2 heterocycles. The van der Waals surface area contributed by atoms with E-state index in [9.17, 15) is 0 Å². The molecule has 258 valence electrons. The molecule has 0 aliphatic rings. The molecule has 55 heavy (non-hydrogen) atoms. The Hall–Kier alpha value is -7.36. The monoisotopic (exact) mass is 701 g/mol. The highest BCUT2D eigenvalue weighted by Gasteiger charge is 2.22. The summed E-state index contributed by atoms with van der Waals surface area (Å²) in [6.45, 7) is 0. The number of fused-ring (bicyclic) bond motifs is 7. The number of rotatable bonds is 6. The van der Waals surface area contributed by atoms with Crippen molar-refractivity contribution < 1.29 is 0 Å². The van der Waals surface area contributed by atoms with Gasteiger partial charge in [-0.25, -0.2) is 0 Å². The third kappa shape index (κ3) is 5.05. The van der Waals surface area contributed by atoms with E-state index in [-0.39, 0.29) is 0 Å². The second-order valence-corrected chi connectivity index (χ2v) is 14.2. The Kier molecular flexibility index (Phi) is 7.17. The summed E-state index contributed by atoms with van der Waals surface area (Å²) in [6, 6.07) is 76.9. The highest BCUT2D eigenvalue weighted by Crippen LogP contribution is 2.44. The minimum atomic E-state index is 1.09.